The molecule has 1 aliphatic carbocycles. The van der Waals surface area contributed by atoms with Crippen molar-refractivity contribution < 1.29 is 17.6 Å². The van der Waals surface area contributed by atoms with Crippen LogP contribution in [0.3, 0.4) is 0 Å². The molecule has 2 heterocycles. The Morgan fingerprint density at radius 1 is 1.13 bits per heavy atom. The van der Waals surface area contributed by atoms with Gasteiger partial charge >= 0.3 is 0 Å². The largest absolute Gasteiger partial charge is 0.363 e. The monoisotopic (exact) mass is 420 g/mol. The number of nitrogens with one attached hydrogen (secondary N) is 1. The fourth-order valence-corrected chi connectivity index (χ4v) is 3.69. The number of aromatic nitrogens is 3. The van der Waals surface area contributed by atoms with Crippen LogP contribution >= 0.6 is 0 Å². The Morgan fingerprint density at radius 3 is 2.47 bits per heavy atom. The van der Waals surface area contributed by atoms with Crippen molar-refractivity contribution in [2.24, 2.45) is 0 Å². The number of alkyl halides is 2. The van der Waals surface area contributed by atoms with Crippen molar-refractivity contribution >= 4 is 16.7 Å². The fraction of sp³-hybridized carbons (Fsp3) is 0.381. The predicted molar refractivity (Wildman–Crippen MR) is 105 cm³/mol. The van der Waals surface area contributed by atoms with E-state index < -0.39 is 29.4 Å². The van der Waals surface area contributed by atoms with Gasteiger partial charge in [0, 0.05) is 11.8 Å². The molecule has 158 valence electrons. The number of aryl methyl sites for hydroxylation is 2. The molecule has 1 atom stereocenters. The topological polar surface area (TPSA) is 59.8 Å². The lowest BCUT2D eigenvalue weighted by Crippen LogP contribution is -2.37. The van der Waals surface area contributed by atoms with Gasteiger partial charge in [-0.1, -0.05) is 18.2 Å². The van der Waals surface area contributed by atoms with E-state index in [0.29, 0.717) is 11.1 Å². The van der Waals surface area contributed by atoms with E-state index in [9.17, 15) is 22.4 Å². The van der Waals surface area contributed by atoms with E-state index in [-0.39, 0.29) is 41.2 Å². The first-order chi connectivity index (χ1) is 14.2. The molecule has 1 aliphatic rings. The number of hydrogen-bond donors (Lipinski definition) is 1. The van der Waals surface area contributed by atoms with E-state index in [2.05, 4.69) is 15.3 Å². The maximum atomic E-state index is 14.9. The van der Waals surface area contributed by atoms with Gasteiger partial charge in [-0.3, -0.25) is 4.79 Å². The first-order valence-electron chi connectivity index (χ1n) is 9.55. The van der Waals surface area contributed by atoms with Crippen molar-refractivity contribution in [2.45, 2.75) is 51.6 Å². The Hall–Kier alpha value is -2.97. The van der Waals surface area contributed by atoms with Crippen LogP contribution in [0, 0.1) is 25.5 Å². The highest BCUT2D eigenvalue weighted by molar-refractivity contribution is 5.89. The molecule has 1 saturated carbocycles. The molecule has 30 heavy (non-hydrogen) atoms. The van der Waals surface area contributed by atoms with Crippen molar-refractivity contribution in [3.05, 3.63) is 63.3 Å². The second kappa shape index (κ2) is 7.07. The standard InChI is InChI=1S/C21H20F4N4O/c1-10-5-4-6-13(15(10)22)11(2)26-18-14-9-29(21(7-8-21)20(24)25)19(30)16(23)17(14)27-12(3)28-18/h4-6,9,11,20H,7-8H2,1-3H3,(H,26,27,28)/t11-/m1/s1. The third kappa shape index (κ3) is 3.12. The second-order valence-electron chi connectivity index (χ2n) is 7.75. The summed E-state index contributed by atoms with van der Waals surface area (Å²) >= 11 is 0. The van der Waals surface area contributed by atoms with Crippen LogP contribution < -0.4 is 10.9 Å². The SMILES string of the molecule is Cc1nc(N[C@H](C)c2cccc(C)c2F)c2cn(C3(C(F)F)CC3)c(=O)c(F)c2n1. The quantitative estimate of drug-likeness (QED) is 0.613. The molecule has 1 aromatic carbocycles. The summed E-state index contributed by atoms with van der Waals surface area (Å²) in [6.07, 6.45) is -1.47. The lowest BCUT2D eigenvalue weighted by atomic mass is 10.0. The first kappa shape index (κ1) is 20.3. The summed E-state index contributed by atoms with van der Waals surface area (Å²) in [7, 11) is 0. The number of pyridine rings is 1. The van der Waals surface area contributed by atoms with E-state index in [4.69, 9.17) is 0 Å². The van der Waals surface area contributed by atoms with Crippen molar-refractivity contribution in [1.29, 1.82) is 0 Å². The Kier molecular flexibility index (Phi) is 4.79. The molecule has 3 aromatic rings. The minimum atomic E-state index is -2.81. The third-order valence-electron chi connectivity index (χ3n) is 5.62. The Bertz CT molecular complexity index is 1200. The summed E-state index contributed by atoms with van der Waals surface area (Å²) in [5.41, 5.74) is -2.25. The van der Waals surface area contributed by atoms with Crippen molar-refractivity contribution in [3.8, 4) is 0 Å². The average molecular weight is 420 g/mol. The van der Waals surface area contributed by atoms with Crippen LogP contribution in [-0.4, -0.2) is 21.0 Å². The number of fused-ring (bicyclic) bond motifs is 1. The van der Waals surface area contributed by atoms with Gasteiger partial charge in [0.25, 0.3) is 12.0 Å². The zero-order valence-corrected chi connectivity index (χ0v) is 16.6. The van der Waals surface area contributed by atoms with E-state index in [0.717, 1.165) is 4.57 Å². The molecule has 5 nitrogen and oxygen atoms in total. The Balaban J connectivity index is 1.87. The lowest BCUT2D eigenvalue weighted by Gasteiger charge is -2.21. The van der Waals surface area contributed by atoms with Gasteiger partial charge in [-0.15, -0.1) is 0 Å². The summed E-state index contributed by atoms with van der Waals surface area (Å²) in [5, 5.41) is 3.11. The lowest BCUT2D eigenvalue weighted by molar-refractivity contribution is 0.0648. The van der Waals surface area contributed by atoms with Crippen LogP contribution in [0.4, 0.5) is 23.4 Å². The molecule has 9 heteroatoms. The molecular weight excluding hydrogens is 400 g/mol. The number of benzene rings is 1. The van der Waals surface area contributed by atoms with E-state index >= 15 is 0 Å². The summed E-state index contributed by atoms with van der Waals surface area (Å²) in [6.45, 7) is 4.87. The van der Waals surface area contributed by atoms with Gasteiger partial charge in [0.2, 0.25) is 5.82 Å². The molecular formula is C21H20F4N4O. The number of anilines is 1. The zero-order chi connectivity index (χ0) is 21.8. The highest BCUT2D eigenvalue weighted by Gasteiger charge is 2.54. The van der Waals surface area contributed by atoms with Gasteiger partial charge in [0.05, 0.1) is 11.4 Å². The van der Waals surface area contributed by atoms with Gasteiger partial charge in [-0.2, -0.15) is 4.39 Å². The van der Waals surface area contributed by atoms with Crippen LogP contribution in [0.25, 0.3) is 10.9 Å². The van der Waals surface area contributed by atoms with E-state index in [1.165, 1.54) is 13.1 Å². The van der Waals surface area contributed by atoms with Crippen LogP contribution in [0.15, 0.2) is 29.2 Å². The van der Waals surface area contributed by atoms with Gasteiger partial charge in [-0.25, -0.2) is 23.1 Å². The van der Waals surface area contributed by atoms with Gasteiger partial charge < -0.3 is 9.88 Å². The summed E-state index contributed by atoms with van der Waals surface area (Å²) in [5.74, 6) is -1.26. The van der Waals surface area contributed by atoms with Crippen LogP contribution in [0.1, 0.15) is 42.8 Å². The first-order valence-corrected chi connectivity index (χ1v) is 9.55. The molecule has 0 saturated heterocycles. The van der Waals surface area contributed by atoms with E-state index in [1.54, 1.807) is 32.0 Å². The summed E-state index contributed by atoms with van der Waals surface area (Å²) < 4.78 is 57.3. The van der Waals surface area contributed by atoms with Crippen LogP contribution in [0.2, 0.25) is 0 Å². The highest BCUT2D eigenvalue weighted by Crippen LogP contribution is 2.48. The number of nitrogens with zero attached hydrogens (tertiary/aromatic N) is 3. The smallest absolute Gasteiger partial charge is 0.289 e. The second-order valence-corrected chi connectivity index (χ2v) is 7.75. The molecule has 0 amide bonds. The molecule has 0 aliphatic heterocycles. The number of hydrogen-bond acceptors (Lipinski definition) is 4. The summed E-state index contributed by atoms with van der Waals surface area (Å²) in [6, 6.07) is 4.41. The van der Waals surface area contributed by atoms with Crippen molar-refractivity contribution in [2.75, 3.05) is 5.32 Å². The molecule has 4 rings (SSSR count). The molecule has 0 bridgehead atoms. The predicted octanol–water partition coefficient (Wildman–Crippen LogP) is 4.61. The molecule has 0 spiro atoms. The normalized spacial score (nSPS) is 16.1. The Labute approximate surface area is 169 Å². The maximum Gasteiger partial charge on any atom is 0.289 e. The third-order valence-corrected chi connectivity index (χ3v) is 5.62. The number of halogens is 4. The van der Waals surface area contributed by atoms with Gasteiger partial charge in [0.1, 0.15) is 28.5 Å². The zero-order valence-electron chi connectivity index (χ0n) is 16.6. The molecule has 0 radical (unpaired) electrons. The fourth-order valence-electron chi connectivity index (χ4n) is 3.69. The molecule has 0 unspecified atom stereocenters. The van der Waals surface area contributed by atoms with Gasteiger partial charge in [-0.05, 0) is 39.2 Å². The van der Waals surface area contributed by atoms with E-state index in [1.807, 2.05) is 0 Å². The van der Waals surface area contributed by atoms with Crippen molar-refractivity contribution in [3.63, 3.8) is 0 Å². The molecule has 1 fully saturated rings. The molecule has 1 N–H and O–H groups in total. The minimum absolute atomic E-state index is 0.0793. The van der Waals surface area contributed by atoms with Gasteiger partial charge in [0.15, 0.2) is 0 Å². The van der Waals surface area contributed by atoms with Crippen LogP contribution in [0.5, 0.6) is 0 Å². The average Bonchev–Trinajstić information content (AvgIpc) is 3.49. The molecule has 2 aromatic heterocycles. The summed E-state index contributed by atoms with van der Waals surface area (Å²) in [4.78, 5) is 20.7. The maximum absolute atomic E-state index is 14.9. The minimum Gasteiger partial charge on any atom is -0.363 e. The van der Waals surface area contributed by atoms with Crippen molar-refractivity contribution in [1.82, 2.24) is 14.5 Å². The number of rotatable bonds is 5. The van der Waals surface area contributed by atoms with Crippen LogP contribution in [-0.2, 0) is 5.54 Å². The Morgan fingerprint density at radius 2 is 1.83 bits per heavy atom. The highest BCUT2D eigenvalue weighted by atomic mass is 19.3.